The molecule has 1 amide bonds. The van der Waals surface area contributed by atoms with Crippen molar-refractivity contribution in [3.8, 4) is 0 Å². The Morgan fingerprint density at radius 1 is 1.14 bits per heavy atom. The zero-order valence-electron chi connectivity index (χ0n) is 12.9. The minimum atomic E-state index is 0.108. The Hall–Kier alpha value is -1.87. The third-order valence-corrected chi connectivity index (χ3v) is 4.66. The number of nitrogens with two attached hydrogens (primary N) is 1. The second kappa shape index (κ2) is 6.93. The fraction of sp³-hybridized carbons (Fsp3) is 0.421. The smallest absolute Gasteiger partial charge is 0.223 e. The Labute approximate surface area is 131 Å². The van der Waals surface area contributed by atoms with Gasteiger partial charge >= 0.3 is 0 Å². The lowest BCUT2D eigenvalue weighted by atomic mass is 9.85. The van der Waals surface area contributed by atoms with E-state index in [1.54, 1.807) is 0 Å². The van der Waals surface area contributed by atoms with Crippen LogP contribution in [0.15, 0.2) is 42.5 Å². The zero-order valence-corrected chi connectivity index (χ0v) is 12.9. The first kappa shape index (κ1) is 15.0. The maximum absolute atomic E-state index is 12.2. The number of amides is 1. The summed E-state index contributed by atoms with van der Waals surface area (Å²) in [4.78, 5) is 12.2. The van der Waals surface area contributed by atoms with E-state index in [9.17, 15) is 4.79 Å². The largest absolute Gasteiger partial charge is 0.356 e. The van der Waals surface area contributed by atoms with E-state index in [0.717, 1.165) is 32.1 Å². The van der Waals surface area contributed by atoms with Crippen molar-refractivity contribution in [2.75, 3.05) is 6.54 Å². The van der Waals surface area contributed by atoms with Crippen molar-refractivity contribution in [1.29, 1.82) is 0 Å². The first-order chi connectivity index (χ1) is 10.7. The van der Waals surface area contributed by atoms with Gasteiger partial charge in [0.15, 0.2) is 0 Å². The van der Waals surface area contributed by atoms with Crippen LogP contribution < -0.4 is 11.1 Å². The number of carbonyl (C=O) groups excluding carboxylic acids is 1. The van der Waals surface area contributed by atoms with Crippen LogP contribution in [0.3, 0.4) is 0 Å². The number of rotatable bonds is 4. The summed E-state index contributed by atoms with van der Waals surface area (Å²) >= 11 is 0. The molecule has 3 N–H and O–H groups in total. The normalized spacial score (nSPS) is 21.7. The van der Waals surface area contributed by atoms with E-state index in [0.29, 0.717) is 6.54 Å². The molecular weight excluding hydrogens is 272 g/mol. The number of carbonyl (C=O) groups is 1. The second-order valence-corrected chi connectivity index (χ2v) is 6.30. The van der Waals surface area contributed by atoms with Gasteiger partial charge in [0.05, 0.1) is 0 Å². The van der Waals surface area contributed by atoms with Crippen molar-refractivity contribution in [3.63, 3.8) is 0 Å². The van der Waals surface area contributed by atoms with Crippen molar-refractivity contribution >= 4 is 16.7 Å². The molecule has 22 heavy (non-hydrogen) atoms. The molecular formula is C19H24N2O. The van der Waals surface area contributed by atoms with Crippen LogP contribution in [-0.2, 0) is 11.2 Å². The van der Waals surface area contributed by atoms with Gasteiger partial charge in [-0.3, -0.25) is 4.79 Å². The first-order valence-electron chi connectivity index (χ1n) is 8.24. The molecule has 0 spiro atoms. The average molecular weight is 296 g/mol. The third-order valence-electron chi connectivity index (χ3n) is 4.66. The highest BCUT2D eigenvalue weighted by molar-refractivity contribution is 5.85. The minimum Gasteiger partial charge on any atom is -0.356 e. The van der Waals surface area contributed by atoms with Gasteiger partial charge in [0.25, 0.3) is 0 Å². The van der Waals surface area contributed by atoms with Crippen LogP contribution in [0.1, 0.15) is 31.2 Å². The standard InChI is InChI=1S/C19H24N2O/c20-17-9-4-8-16(13-17)19(22)21-12-11-15-7-3-6-14-5-1-2-10-18(14)15/h1-3,5-7,10,16-17H,4,8-9,11-13,20H2,(H,21,22). The molecule has 0 bridgehead atoms. The molecule has 1 aliphatic rings. The number of fused-ring (bicyclic) bond motifs is 1. The summed E-state index contributed by atoms with van der Waals surface area (Å²) in [5, 5.41) is 5.62. The summed E-state index contributed by atoms with van der Waals surface area (Å²) in [7, 11) is 0. The van der Waals surface area contributed by atoms with Gasteiger partial charge in [-0.2, -0.15) is 0 Å². The van der Waals surface area contributed by atoms with Crippen LogP contribution in [0, 0.1) is 5.92 Å². The fourth-order valence-electron chi connectivity index (χ4n) is 3.44. The van der Waals surface area contributed by atoms with Crippen molar-refractivity contribution in [2.24, 2.45) is 11.7 Å². The number of benzene rings is 2. The number of hydrogen-bond acceptors (Lipinski definition) is 2. The highest BCUT2D eigenvalue weighted by Gasteiger charge is 2.24. The van der Waals surface area contributed by atoms with Gasteiger partial charge in [0.1, 0.15) is 0 Å². The SMILES string of the molecule is NC1CCCC(C(=O)NCCc2cccc3ccccc23)C1. The van der Waals surface area contributed by atoms with Crippen LogP contribution in [0.5, 0.6) is 0 Å². The molecule has 1 aliphatic carbocycles. The second-order valence-electron chi connectivity index (χ2n) is 6.30. The minimum absolute atomic E-state index is 0.108. The average Bonchev–Trinajstić information content (AvgIpc) is 2.55. The van der Waals surface area contributed by atoms with Crippen molar-refractivity contribution in [3.05, 3.63) is 48.0 Å². The molecule has 2 unspecified atom stereocenters. The van der Waals surface area contributed by atoms with Crippen LogP contribution in [0.25, 0.3) is 10.8 Å². The number of nitrogens with one attached hydrogen (secondary N) is 1. The van der Waals surface area contributed by atoms with Crippen molar-refractivity contribution < 1.29 is 4.79 Å². The lowest BCUT2D eigenvalue weighted by Gasteiger charge is -2.25. The van der Waals surface area contributed by atoms with Crippen molar-refractivity contribution in [2.45, 2.75) is 38.1 Å². The molecule has 0 heterocycles. The van der Waals surface area contributed by atoms with Gasteiger partial charge in [0, 0.05) is 18.5 Å². The lowest BCUT2D eigenvalue weighted by molar-refractivity contribution is -0.126. The predicted molar refractivity (Wildman–Crippen MR) is 90.6 cm³/mol. The van der Waals surface area contributed by atoms with Gasteiger partial charge in [0.2, 0.25) is 5.91 Å². The zero-order chi connectivity index (χ0) is 15.4. The molecule has 1 fully saturated rings. The van der Waals surface area contributed by atoms with Crippen LogP contribution >= 0.6 is 0 Å². The summed E-state index contributed by atoms with van der Waals surface area (Å²) < 4.78 is 0. The van der Waals surface area contributed by atoms with E-state index < -0.39 is 0 Å². The fourth-order valence-corrected chi connectivity index (χ4v) is 3.44. The maximum atomic E-state index is 12.2. The van der Waals surface area contributed by atoms with Gasteiger partial charge in [-0.1, -0.05) is 48.9 Å². The maximum Gasteiger partial charge on any atom is 0.223 e. The lowest BCUT2D eigenvalue weighted by Crippen LogP contribution is -2.38. The molecule has 3 heteroatoms. The Kier molecular flexibility index (Phi) is 4.74. The summed E-state index contributed by atoms with van der Waals surface area (Å²) in [5.41, 5.74) is 7.26. The first-order valence-corrected chi connectivity index (χ1v) is 8.24. The van der Waals surface area contributed by atoms with E-state index in [1.165, 1.54) is 16.3 Å². The molecule has 0 radical (unpaired) electrons. The van der Waals surface area contributed by atoms with Crippen LogP contribution in [-0.4, -0.2) is 18.5 Å². The van der Waals surface area contributed by atoms with Crippen molar-refractivity contribution in [1.82, 2.24) is 5.32 Å². The van der Waals surface area contributed by atoms with E-state index in [2.05, 4.69) is 47.8 Å². The Morgan fingerprint density at radius 3 is 2.82 bits per heavy atom. The van der Waals surface area contributed by atoms with E-state index >= 15 is 0 Å². The van der Waals surface area contributed by atoms with E-state index in [-0.39, 0.29) is 17.9 Å². The Balaban J connectivity index is 1.57. The molecule has 3 nitrogen and oxygen atoms in total. The number of hydrogen-bond donors (Lipinski definition) is 2. The topological polar surface area (TPSA) is 55.1 Å². The summed E-state index contributed by atoms with van der Waals surface area (Å²) in [5.74, 6) is 0.284. The molecule has 1 saturated carbocycles. The monoisotopic (exact) mass is 296 g/mol. The molecule has 3 rings (SSSR count). The molecule has 2 aromatic carbocycles. The van der Waals surface area contributed by atoms with Crippen LogP contribution in [0.4, 0.5) is 0 Å². The molecule has 0 aromatic heterocycles. The van der Waals surface area contributed by atoms with Gasteiger partial charge in [-0.05, 0) is 42.0 Å². The predicted octanol–water partition coefficient (Wildman–Crippen LogP) is 3.02. The molecule has 0 aliphatic heterocycles. The molecule has 2 aromatic rings. The Morgan fingerprint density at radius 2 is 1.95 bits per heavy atom. The quantitative estimate of drug-likeness (QED) is 0.911. The molecule has 2 atom stereocenters. The summed E-state index contributed by atoms with van der Waals surface area (Å²) in [6, 6.07) is 14.9. The van der Waals surface area contributed by atoms with Gasteiger partial charge in [-0.15, -0.1) is 0 Å². The summed E-state index contributed by atoms with van der Waals surface area (Å²) in [6.07, 6.45) is 4.81. The third kappa shape index (κ3) is 3.47. The van der Waals surface area contributed by atoms with Gasteiger partial charge in [-0.25, -0.2) is 0 Å². The Bertz CT molecular complexity index is 647. The highest BCUT2D eigenvalue weighted by Crippen LogP contribution is 2.23. The van der Waals surface area contributed by atoms with Gasteiger partial charge < -0.3 is 11.1 Å². The highest BCUT2D eigenvalue weighted by atomic mass is 16.1. The molecule has 116 valence electrons. The summed E-state index contributed by atoms with van der Waals surface area (Å²) in [6.45, 7) is 0.693. The van der Waals surface area contributed by atoms with E-state index in [1.807, 2.05) is 0 Å². The van der Waals surface area contributed by atoms with E-state index in [4.69, 9.17) is 5.73 Å². The van der Waals surface area contributed by atoms with Crippen LogP contribution in [0.2, 0.25) is 0 Å². The molecule has 0 saturated heterocycles.